The van der Waals surface area contributed by atoms with Crippen LogP contribution in [0.3, 0.4) is 0 Å². The minimum atomic E-state index is -3.52. The summed E-state index contributed by atoms with van der Waals surface area (Å²) < 4.78 is 27.4. The molecule has 108 valence electrons. The maximum absolute atomic E-state index is 12.3. The molecule has 5 heteroatoms. The normalized spacial score (nSPS) is 15.5. The second-order valence-corrected chi connectivity index (χ2v) is 7.46. The lowest BCUT2D eigenvalue weighted by Gasteiger charge is -2.30. The van der Waals surface area contributed by atoms with Crippen LogP contribution >= 0.6 is 0 Å². The van der Waals surface area contributed by atoms with Crippen LogP contribution in [0.15, 0.2) is 29.2 Å². The third-order valence-electron chi connectivity index (χ3n) is 3.02. The van der Waals surface area contributed by atoms with Gasteiger partial charge in [0.1, 0.15) is 0 Å². The monoisotopic (exact) mass is 284 g/mol. The van der Waals surface area contributed by atoms with E-state index in [9.17, 15) is 8.42 Å². The van der Waals surface area contributed by atoms with Crippen LogP contribution in [0, 0.1) is 12.8 Å². The molecule has 0 aromatic heterocycles. The number of hydrogen-bond donors (Lipinski definition) is 2. The van der Waals surface area contributed by atoms with E-state index in [0.717, 1.165) is 5.56 Å². The summed E-state index contributed by atoms with van der Waals surface area (Å²) in [7, 11) is -3.52. The summed E-state index contributed by atoms with van der Waals surface area (Å²) >= 11 is 0. The lowest BCUT2D eigenvalue weighted by atomic mass is 9.92. The van der Waals surface area contributed by atoms with Crippen molar-refractivity contribution in [1.82, 2.24) is 4.72 Å². The summed E-state index contributed by atoms with van der Waals surface area (Å²) in [5.41, 5.74) is 6.15. The number of sulfonamides is 1. The van der Waals surface area contributed by atoms with E-state index in [1.807, 2.05) is 27.7 Å². The third kappa shape index (κ3) is 4.60. The minimum absolute atomic E-state index is 0.274. The molecule has 0 saturated carbocycles. The van der Waals surface area contributed by atoms with Gasteiger partial charge in [0.15, 0.2) is 0 Å². The van der Waals surface area contributed by atoms with Gasteiger partial charge in [-0.2, -0.15) is 0 Å². The number of nitrogens with two attached hydrogens (primary N) is 1. The molecule has 1 aromatic rings. The first-order valence-corrected chi connectivity index (χ1v) is 7.97. The zero-order chi connectivity index (χ0) is 14.7. The Morgan fingerprint density at radius 2 is 1.79 bits per heavy atom. The molecule has 0 aliphatic heterocycles. The van der Waals surface area contributed by atoms with Gasteiger partial charge in [-0.05, 0) is 38.3 Å². The zero-order valence-electron chi connectivity index (χ0n) is 12.1. The fourth-order valence-electron chi connectivity index (χ4n) is 2.17. The largest absolute Gasteiger partial charge is 0.329 e. The van der Waals surface area contributed by atoms with Crippen molar-refractivity contribution in [2.75, 3.05) is 6.54 Å². The van der Waals surface area contributed by atoms with E-state index in [-0.39, 0.29) is 11.4 Å². The van der Waals surface area contributed by atoms with Gasteiger partial charge in [-0.1, -0.05) is 31.5 Å². The lowest BCUT2D eigenvalue weighted by molar-refractivity contribution is 0.344. The molecule has 0 bridgehead atoms. The maximum atomic E-state index is 12.3. The predicted octanol–water partition coefficient (Wildman–Crippen LogP) is 2.04. The molecule has 0 heterocycles. The van der Waals surface area contributed by atoms with E-state index in [2.05, 4.69) is 4.72 Å². The van der Waals surface area contributed by atoms with Gasteiger partial charge in [-0.3, -0.25) is 0 Å². The van der Waals surface area contributed by atoms with Crippen molar-refractivity contribution in [3.8, 4) is 0 Å². The molecular weight excluding hydrogens is 260 g/mol. The molecule has 1 atom stereocenters. The Morgan fingerprint density at radius 3 is 2.21 bits per heavy atom. The molecule has 0 fully saturated rings. The van der Waals surface area contributed by atoms with Gasteiger partial charge in [-0.15, -0.1) is 0 Å². The molecule has 0 aliphatic carbocycles. The fraction of sp³-hybridized carbons (Fsp3) is 0.571. The van der Waals surface area contributed by atoms with Crippen molar-refractivity contribution >= 4 is 10.0 Å². The van der Waals surface area contributed by atoms with Crippen molar-refractivity contribution in [3.63, 3.8) is 0 Å². The second kappa shape index (κ2) is 6.03. The standard InChI is InChI=1S/C14H24N2O2S/c1-11(2)9-14(4,10-15)16-19(17,18)13-7-5-12(3)6-8-13/h5-8,11,16H,9-10,15H2,1-4H3. The van der Waals surface area contributed by atoms with Gasteiger partial charge in [0, 0.05) is 12.1 Å². The lowest BCUT2D eigenvalue weighted by Crippen LogP contribution is -2.51. The Morgan fingerprint density at radius 1 is 1.26 bits per heavy atom. The Bertz CT molecular complexity index is 509. The number of hydrogen-bond acceptors (Lipinski definition) is 3. The smallest absolute Gasteiger partial charge is 0.241 e. The first kappa shape index (κ1) is 16.1. The average molecular weight is 284 g/mol. The number of nitrogens with one attached hydrogen (secondary N) is 1. The van der Waals surface area contributed by atoms with E-state index in [0.29, 0.717) is 12.3 Å². The van der Waals surface area contributed by atoms with E-state index in [1.165, 1.54) is 0 Å². The molecule has 0 spiro atoms. The average Bonchev–Trinajstić information content (AvgIpc) is 2.27. The van der Waals surface area contributed by atoms with Gasteiger partial charge >= 0.3 is 0 Å². The van der Waals surface area contributed by atoms with Crippen LogP contribution in [0.1, 0.15) is 32.8 Å². The molecule has 19 heavy (non-hydrogen) atoms. The van der Waals surface area contributed by atoms with Crippen LogP contribution in [-0.4, -0.2) is 20.5 Å². The van der Waals surface area contributed by atoms with Crippen LogP contribution in [0.2, 0.25) is 0 Å². The minimum Gasteiger partial charge on any atom is -0.329 e. The molecular formula is C14H24N2O2S. The topological polar surface area (TPSA) is 72.2 Å². The highest BCUT2D eigenvalue weighted by Gasteiger charge is 2.30. The molecule has 0 saturated heterocycles. The SMILES string of the molecule is Cc1ccc(S(=O)(=O)NC(C)(CN)CC(C)C)cc1. The van der Waals surface area contributed by atoms with Gasteiger partial charge in [0.2, 0.25) is 10.0 Å². The van der Waals surface area contributed by atoms with Gasteiger partial charge in [0.05, 0.1) is 4.90 Å². The Labute approximate surface area is 116 Å². The van der Waals surface area contributed by atoms with Crippen LogP contribution in [0.25, 0.3) is 0 Å². The quantitative estimate of drug-likeness (QED) is 0.839. The van der Waals surface area contributed by atoms with Crippen molar-refractivity contribution in [3.05, 3.63) is 29.8 Å². The Hall–Kier alpha value is -0.910. The van der Waals surface area contributed by atoms with Crippen molar-refractivity contribution in [2.24, 2.45) is 11.7 Å². The summed E-state index contributed by atoms with van der Waals surface area (Å²) in [4.78, 5) is 0.279. The zero-order valence-corrected chi connectivity index (χ0v) is 12.9. The molecule has 1 rings (SSSR count). The summed E-state index contributed by atoms with van der Waals surface area (Å²) in [6.07, 6.45) is 0.703. The van der Waals surface area contributed by atoms with Gasteiger partial charge < -0.3 is 5.73 Å². The first-order valence-electron chi connectivity index (χ1n) is 6.49. The van der Waals surface area contributed by atoms with Crippen molar-refractivity contribution < 1.29 is 8.42 Å². The van der Waals surface area contributed by atoms with E-state index in [4.69, 9.17) is 5.73 Å². The fourth-order valence-corrected chi connectivity index (χ4v) is 3.60. The van der Waals surface area contributed by atoms with Crippen molar-refractivity contribution in [2.45, 2.75) is 44.6 Å². The highest BCUT2D eigenvalue weighted by atomic mass is 32.2. The molecule has 4 nitrogen and oxygen atoms in total. The van der Waals surface area contributed by atoms with E-state index >= 15 is 0 Å². The number of rotatable bonds is 6. The third-order valence-corrected chi connectivity index (χ3v) is 4.68. The molecule has 3 N–H and O–H groups in total. The number of aryl methyl sites for hydroxylation is 1. The molecule has 0 aliphatic rings. The van der Waals surface area contributed by atoms with Crippen molar-refractivity contribution in [1.29, 1.82) is 0 Å². The molecule has 0 radical (unpaired) electrons. The summed E-state index contributed by atoms with van der Waals surface area (Å²) in [6, 6.07) is 6.81. The molecule has 1 unspecified atom stereocenters. The van der Waals surface area contributed by atoms with Crippen LogP contribution in [-0.2, 0) is 10.0 Å². The highest BCUT2D eigenvalue weighted by Crippen LogP contribution is 2.19. The first-order chi connectivity index (χ1) is 8.68. The summed E-state index contributed by atoms with van der Waals surface area (Å²) in [6.45, 7) is 8.14. The van der Waals surface area contributed by atoms with E-state index in [1.54, 1.807) is 24.3 Å². The van der Waals surface area contributed by atoms with Gasteiger partial charge in [0.25, 0.3) is 0 Å². The summed E-state index contributed by atoms with van der Waals surface area (Å²) in [5, 5.41) is 0. The summed E-state index contributed by atoms with van der Waals surface area (Å²) in [5.74, 6) is 0.370. The highest BCUT2D eigenvalue weighted by molar-refractivity contribution is 7.89. The Balaban J connectivity index is 2.98. The molecule has 0 amide bonds. The van der Waals surface area contributed by atoms with Crippen LogP contribution in [0.5, 0.6) is 0 Å². The van der Waals surface area contributed by atoms with Gasteiger partial charge in [-0.25, -0.2) is 13.1 Å². The predicted molar refractivity (Wildman–Crippen MR) is 78.4 cm³/mol. The second-order valence-electron chi connectivity index (χ2n) is 5.78. The molecule has 1 aromatic carbocycles. The Kier molecular flexibility index (Phi) is 5.12. The van der Waals surface area contributed by atoms with Crippen LogP contribution < -0.4 is 10.5 Å². The van der Waals surface area contributed by atoms with E-state index < -0.39 is 15.6 Å². The van der Waals surface area contributed by atoms with Crippen LogP contribution in [0.4, 0.5) is 0 Å². The number of benzene rings is 1. The maximum Gasteiger partial charge on any atom is 0.241 e.